The first kappa shape index (κ1) is 89.9. The number of rotatable bonds is 34. The lowest BCUT2D eigenvalue weighted by molar-refractivity contribution is -0.140. The van der Waals surface area contributed by atoms with Gasteiger partial charge in [0.05, 0.1) is 69.1 Å². The van der Waals surface area contributed by atoms with Crippen LogP contribution in [-0.4, -0.2) is 138 Å². The summed E-state index contributed by atoms with van der Waals surface area (Å²) in [5.74, 6) is 0.858. The number of aromatic nitrogens is 6. The van der Waals surface area contributed by atoms with Crippen molar-refractivity contribution in [2.45, 2.75) is 202 Å². The first-order chi connectivity index (χ1) is 56.5. The lowest BCUT2D eigenvalue weighted by Gasteiger charge is -2.39. The Hall–Kier alpha value is -11.5. The summed E-state index contributed by atoms with van der Waals surface area (Å²) < 4.78 is 86.8. The van der Waals surface area contributed by atoms with E-state index in [4.69, 9.17) is 51.3 Å². The molecule has 630 valence electrons. The van der Waals surface area contributed by atoms with Crippen molar-refractivity contribution in [3.05, 3.63) is 218 Å². The Labute approximate surface area is 697 Å². The number of hydrogen-bond donors (Lipinski definition) is 2. The molecule has 119 heavy (non-hydrogen) atoms. The molecule has 2 aromatic heterocycles. The van der Waals surface area contributed by atoms with E-state index in [9.17, 15) is 27.6 Å². The molecule has 0 saturated carbocycles. The molecule has 2 N–H and O–H groups in total. The molecule has 0 aliphatic carbocycles. The van der Waals surface area contributed by atoms with Gasteiger partial charge in [-0.05, 0) is 167 Å². The van der Waals surface area contributed by atoms with Crippen molar-refractivity contribution >= 4 is 63.4 Å². The average Bonchev–Trinajstić information content (AvgIpc) is 1.59. The predicted molar refractivity (Wildman–Crippen MR) is 459 cm³/mol. The number of carbonyl (C=O) groups excluding carboxylic acids is 3. The van der Waals surface area contributed by atoms with E-state index in [1.54, 1.807) is 61.4 Å². The first-order valence-corrected chi connectivity index (χ1v) is 40.8. The van der Waals surface area contributed by atoms with Gasteiger partial charge in [-0.2, -0.15) is 18.3 Å². The zero-order valence-corrected chi connectivity index (χ0v) is 72.1. The molecule has 5 heterocycles. The highest BCUT2D eigenvalue weighted by molar-refractivity contribution is 6.31. The second-order valence-corrected chi connectivity index (χ2v) is 33.1. The summed E-state index contributed by atoms with van der Waals surface area (Å²) in [6.07, 6.45) is 0.417. The number of aryl methyl sites for hydroxylation is 2. The highest BCUT2D eigenvalue weighted by Gasteiger charge is 2.42. The number of carbonyl (C=O) groups is 3. The normalized spacial score (nSPS) is 15.1. The van der Waals surface area contributed by atoms with Crippen molar-refractivity contribution < 1.29 is 60.7 Å². The molecule has 8 aromatic rings. The highest BCUT2D eigenvalue weighted by atomic mass is 19.4. The number of aliphatic imine (C=N–C) groups is 2. The van der Waals surface area contributed by atoms with Crippen LogP contribution in [0.5, 0.6) is 17.2 Å². The fraction of sp³-hybridized carbons (Fsp3) is 0.452. The zero-order chi connectivity index (χ0) is 86.5. The molecule has 0 radical (unpaired) electrons. The predicted octanol–water partition coefficient (Wildman–Crippen LogP) is 19.6. The van der Waals surface area contributed by atoms with Gasteiger partial charge in [-0.1, -0.05) is 155 Å². The van der Waals surface area contributed by atoms with E-state index in [1.807, 2.05) is 51.1 Å². The second-order valence-electron chi connectivity index (χ2n) is 33.1. The Morgan fingerprint density at radius 1 is 0.613 bits per heavy atom. The third-order valence-corrected chi connectivity index (χ3v) is 22.8. The van der Waals surface area contributed by atoms with Crippen LogP contribution in [0.15, 0.2) is 143 Å². The van der Waals surface area contributed by atoms with Gasteiger partial charge < -0.3 is 48.7 Å². The van der Waals surface area contributed by atoms with E-state index >= 15 is 0 Å². The summed E-state index contributed by atoms with van der Waals surface area (Å²) in [7, 11) is 1.56. The van der Waals surface area contributed by atoms with Crippen LogP contribution in [0.2, 0.25) is 0 Å². The van der Waals surface area contributed by atoms with E-state index in [1.165, 1.54) is 33.5 Å². The van der Waals surface area contributed by atoms with Gasteiger partial charge in [-0.25, -0.2) is 48.6 Å². The fourth-order valence-electron chi connectivity index (χ4n) is 14.1. The van der Waals surface area contributed by atoms with Crippen LogP contribution in [0, 0.1) is 27.0 Å². The summed E-state index contributed by atoms with van der Waals surface area (Å²) in [6, 6.07) is 36.7. The van der Waals surface area contributed by atoms with E-state index in [0.717, 1.165) is 70.3 Å². The van der Waals surface area contributed by atoms with E-state index < -0.39 is 35.3 Å². The molecule has 11 rings (SSSR count). The molecule has 1 atom stereocenters. The number of nitrogens with zero attached hydrogens (tertiary/aromatic N) is 11. The van der Waals surface area contributed by atoms with Crippen LogP contribution in [0.25, 0.3) is 32.2 Å². The number of benzene rings is 6. The number of esters is 2. The molecular formula is C93H112F3N13O10. The van der Waals surface area contributed by atoms with Crippen LogP contribution in [0.4, 0.5) is 35.9 Å². The lowest BCUT2D eigenvalue weighted by Crippen LogP contribution is -2.38. The van der Waals surface area contributed by atoms with Gasteiger partial charge in [-0.15, -0.1) is 5.10 Å². The maximum Gasteiger partial charge on any atom is 0.418 e. The van der Waals surface area contributed by atoms with Gasteiger partial charge in [0.1, 0.15) is 54.3 Å². The number of fused-ring (bicyclic) bond motifs is 3. The van der Waals surface area contributed by atoms with Gasteiger partial charge >= 0.3 is 18.1 Å². The Bertz CT molecular complexity index is 5230. The Kier molecular flexibility index (Phi) is 28.7. The lowest BCUT2D eigenvalue weighted by atomic mass is 9.76. The number of ether oxygens (including phenoxy) is 7. The number of amides is 1. The number of anilines is 2. The fourth-order valence-corrected chi connectivity index (χ4v) is 14.1. The molecule has 1 unspecified atom stereocenters. The molecule has 0 fully saturated rings. The van der Waals surface area contributed by atoms with Gasteiger partial charge in [0, 0.05) is 65.2 Å². The van der Waals surface area contributed by atoms with Crippen LogP contribution in [-0.2, 0) is 56.4 Å². The maximum absolute atomic E-state index is 14.5. The number of alkyl halides is 3. The van der Waals surface area contributed by atoms with Gasteiger partial charge in [0.15, 0.2) is 29.1 Å². The van der Waals surface area contributed by atoms with Crippen LogP contribution in [0.3, 0.4) is 0 Å². The monoisotopic (exact) mass is 1630 g/mol. The number of allylic oxidation sites excluding steroid dienone is 2. The standard InChI is InChI=1S/C48H59N7O5.C45H53F3N6O5/c1-13-46(5,6)33-20-21-38(35(24-33)47(7,8)14-2)59-23-15-22-50-44(56)40-41(49-11)43(55-42(40)51-30(4)54-55)52-37-25-34-32(27-48(9,10)53-36(34)26-39(37)58-12)28-60-45(57)31-18-16-29(3)17-19-31;1-10-43(5,6)31-19-22-36(34(27-31)44(7,8)11-2)58-25-23-56-29-57-24-26-59-42(55)37-38(49-9)41(54-40(37)51-39(52-54)30-17-15-14-16-18-30)50-35-21-20-32(53(12-3)13-4)28-33(35)45(46,47)48/h16-21,24-26,32,53H,13-15,22-23,27-28H2,1-10,12H3,(H,50,56);14-22,27-28H,10-13,23-26,29H2,1-8H3. The Balaban J connectivity index is 0.000000250. The average molecular weight is 1630 g/mol. The molecule has 0 saturated heterocycles. The van der Waals surface area contributed by atoms with Crippen LogP contribution >= 0.6 is 0 Å². The van der Waals surface area contributed by atoms with Crippen molar-refractivity contribution in [2.75, 3.05) is 83.4 Å². The van der Waals surface area contributed by atoms with E-state index in [-0.39, 0.29) is 118 Å². The summed E-state index contributed by atoms with van der Waals surface area (Å²) in [5, 5.41) is 15.6. The summed E-state index contributed by atoms with van der Waals surface area (Å²) >= 11 is 0. The molecule has 6 aromatic carbocycles. The van der Waals surface area contributed by atoms with Crippen molar-refractivity contribution in [3.8, 4) is 28.6 Å². The van der Waals surface area contributed by atoms with Gasteiger partial charge in [0.25, 0.3) is 0 Å². The topological polar surface area (TPSA) is 238 Å². The summed E-state index contributed by atoms with van der Waals surface area (Å²) in [6.45, 7) is 56.5. The van der Waals surface area contributed by atoms with Gasteiger partial charge in [0.2, 0.25) is 17.3 Å². The van der Waals surface area contributed by atoms with Crippen molar-refractivity contribution in [3.63, 3.8) is 0 Å². The molecule has 0 spiro atoms. The van der Waals surface area contributed by atoms with Crippen LogP contribution < -0.4 is 29.7 Å². The minimum Gasteiger partial charge on any atom is -0.494 e. The number of hydrogen-bond acceptors (Lipinski definition) is 18. The minimum absolute atomic E-state index is 0.0305. The smallest absolute Gasteiger partial charge is 0.418 e. The molecule has 1 amide bonds. The van der Waals surface area contributed by atoms with Gasteiger partial charge in [-0.3, -0.25) is 4.79 Å². The van der Waals surface area contributed by atoms with Crippen molar-refractivity contribution in [1.29, 1.82) is 0 Å². The van der Waals surface area contributed by atoms with Crippen LogP contribution in [0.1, 0.15) is 222 Å². The molecular weight excluding hydrogens is 1520 g/mol. The Morgan fingerprint density at radius 2 is 1.18 bits per heavy atom. The quantitative estimate of drug-likeness (QED) is 0.0165. The number of methoxy groups -OCH3 is 1. The summed E-state index contributed by atoms with van der Waals surface area (Å²) in [5.41, 5.74) is 7.28. The summed E-state index contributed by atoms with van der Waals surface area (Å²) in [4.78, 5) is 68.0. The van der Waals surface area contributed by atoms with Crippen molar-refractivity contribution in [1.82, 2.24) is 34.8 Å². The maximum atomic E-state index is 14.5. The SMILES string of the molecule is [C-]#[N+]C1=C(C(=O)NCCCOc2ccc(C(C)(C)CC)cc2C(C)(C)CC)c2nc(C)nn2C1=Nc1cc2c(cc1OC)NC(C)(C)CC2COC(=O)c1ccc(C)cc1.[C-]#[N+]C1=C(C(=O)OCCOCOCCOc2ccc(C(C)(C)CC)cc2C(C)(C)CC)c2nc(-c3ccccc3)nn2C1=Nc1ccc(N(CC)CC)cc1C(F)(F)F. The van der Waals surface area contributed by atoms with E-state index in [0.29, 0.717) is 79.8 Å². The third kappa shape index (κ3) is 20.8. The first-order valence-electron chi connectivity index (χ1n) is 40.8. The molecule has 26 heteroatoms. The Morgan fingerprint density at radius 3 is 1.75 bits per heavy atom. The molecule has 3 aliphatic heterocycles. The third-order valence-electron chi connectivity index (χ3n) is 22.8. The zero-order valence-electron chi connectivity index (χ0n) is 72.1. The number of halogens is 3. The largest absolute Gasteiger partial charge is 0.494 e. The molecule has 3 aliphatic rings. The molecule has 23 nitrogen and oxygen atoms in total. The minimum atomic E-state index is -4.77. The number of nitrogens with one attached hydrogen (secondary N) is 2. The van der Waals surface area contributed by atoms with E-state index in [2.05, 4.69) is 173 Å². The van der Waals surface area contributed by atoms with Crippen molar-refractivity contribution in [2.24, 2.45) is 9.98 Å². The second kappa shape index (κ2) is 38.1. The highest BCUT2D eigenvalue weighted by Crippen LogP contribution is 2.48. The molecule has 0 bridgehead atoms.